The van der Waals surface area contributed by atoms with Gasteiger partial charge in [0.1, 0.15) is 11.2 Å². The number of carbonyl (C=O) groups is 1. The molecule has 244 valence electrons. The third kappa shape index (κ3) is 8.82. The van der Waals surface area contributed by atoms with Crippen molar-refractivity contribution < 1.29 is 19.4 Å². The molecule has 2 fully saturated rings. The van der Waals surface area contributed by atoms with Crippen molar-refractivity contribution in [1.29, 1.82) is 0 Å². The zero-order chi connectivity index (χ0) is 33.6. The fraction of sp³-hybridized carbons (Fsp3) is 0.488. The van der Waals surface area contributed by atoms with E-state index in [4.69, 9.17) is 9.47 Å². The lowest BCUT2D eigenvalue weighted by atomic mass is 9.63. The molecule has 3 rings (SSSR count). The Hall–Kier alpha value is -3.05. The Bertz CT molecular complexity index is 1430. The van der Waals surface area contributed by atoms with Crippen LogP contribution in [0, 0.1) is 10.8 Å². The average molecular weight is 613 g/mol. The van der Waals surface area contributed by atoms with Gasteiger partial charge in [0, 0.05) is 24.5 Å². The van der Waals surface area contributed by atoms with Gasteiger partial charge in [-0.15, -0.1) is 0 Å². The summed E-state index contributed by atoms with van der Waals surface area (Å²) in [7, 11) is 1.68. The third-order valence-electron chi connectivity index (χ3n) is 9.57. The van der Waals surface area contributed by atoms with Crippen LogP contribution in [0.2, 0.25) is 0 Å². The first-order valence-corrected chi connectivity index (χ1v) is 16.2. The van der Waals surface area contributed by atoms with Crippen molar-refractivity contribution in [2.45, 2.75) is 112 Å². The maximum atomic E-state index is 12.3. The molecule has 4 atom stereocenters. The number of carbonyl (C=O) groups excluding carboxylic acids is 1. The Morgan fingerprint density at radius 1 is 0.756 bits per heavy atom. The van der Waals surface area contributed by atoms with Crippen LogP contribution in [0.3, 0.4) is 0 Å². The van der Waals surface area contributed by atoms with E-state index in [1.54, 1.807) is 14.0 Å². The van der Waals surface area contributed by atoms with Gasteiger partial charge in [-0.2, -0.15) is 0 Å². The minimum absolute atomic E-state index is 0.0850. The van der Waals surface area contributed by atoms with Crippen LogP contribution >= 0.6 is 0 Å². The predicted molar refractivity (Wildman–Crippen MR) is 189 cm³/mol. The summed E-state index contributed by atoms with van der Waals surface area (Å²) in [6.45, 7) is 20.8. The number of allylic oxidation sites excluding steroid dienone is 18. The highest BCUT2D eigenvalue weighted by Crippen LogP contribution is 2.66. The van der Waals surface area contributed by atoms with E-state index in [2.05, 4.69) is 147 Å². The molecule has 1 unspecified atom stereocenters. The van der Waals surface area contributed by atoms with E-state index in [-0.39, 0.29) is 40.0 Å². The van der Waals surface area contributed by atoms with Crippen molar-refractivity contribution in [2.75, 3.05) is 7.11 Å². The summed E-state index contributed by atoms with van der Waals surface area (Å²) < 4.78 is 11.8. The Balaban J connectivity index is 1.53. The number of rotatable bonds is 12. The molecule has 1 saturated carbocycles. The van der Waals surface area contributed by atoms with Gasteiger partial charge in [0.15, 0.2) is 5.78 Å². The first-order chi connectivity index (χ1) is 21.0. The fourth-order valence-corrected chi connectivity index (χ4v) is 7.03. The third-order valence-corrected chi connectivity index (χ3v) is 9.57. The summed E-state index contributed by atoms with van der Waals surface area (Å²) in [6.07, 6.45) is 31.2. The lowest BCUT2D eigenvalue weighted by molar-refractivity contribution is -0.114. The van der Waals surface area contributed by atoms with Gasteiger partial charge in [-0.1, -0.05) is 129 Å². The smallest absolute Gasteiger partial charge is 0.158 e. The van der Waals surface area contributed by atoms with Crippen molar-refractivity contribution in [3.63, 3.8) is 0 Å². The summed E-state index contributed by atoms with van der Waals surface area (Å²) in [5.74, 6) is 0.0850. The normalized spacial score (nSPS) is 31.0. The quantitative estimate of drug-likeness (QED) is 0.176. The van der Waals surface area contributed by atoms with Crippen LogP contribution in [-0.4, -0.2) is 41.4 Å². The number of epoxide rings is 1. The molecule has 0 amide bonds. The van der Waals surface area contributed by atoms with E-state index in [1.807, 2.05) is 0 Å². The van der Waals surface area contributed by atoms with Crippen molar-refractivity contribution >= 4 is 5.78 Å². The van der Waals surface area contributed by atoms with Gasteiger partial charge >= 0.3 is 0 Å². The molecule has 0 bridgehead atoms. The zero-order valence-corrected chi connectivity index (χ0v) is 29.5. The monoisotopic (exact) mass is 612 g/mol. The van der Waals surface area contributed by atoms with E-state index in [0.29, 0.717) is 6.42 Å². The van der Waals surface area contributed by atoms with Gasteiger partial charge in [0.2, 0.25) is 0 Å². The van der Waals surface area contributed by atoms with E-state index in [9.17, 15) is 9.90 Å². The molecule has 3 aliphatic rings. The van der Waals surface area contributed by atoms with E-state index < -0.39 is 0 Å². The summed E-state index contributed by atoms with van der Waals surface area (Å²) >= 11 is 0. The molecule has 0 radical (unpaired) electrons. The molecule has 4 nitrogen and oxygen atoms in total. The van der Waals surface area contributed by atoms with E-state index in [1.165, 1.54) is 0 Å². The van der Waals surface area contributed by atoms with Gasteiger partial charge in [-0.3, -0.25) is 4.79 Å². The average Bonchev–Trinajstić information content (AvgIpc) is 3.46. The highest BCUT2D eigenvalue weighted by molar-refractivity contribution is 5.96. The van der Waals surface area contributed by atoms with Crippen LogP contribution in [-0.2, 0) is 14.3 Å². The molecule has 0 aromatic heterocycles. The highest BCUT2D eigenvalue weighted by atomic mass is 16.6. The molecule has 1 aliphatic heterocycles. The maximum absolute atomic E-state index is 12.3. The van der Waals surface area contributed by atoms with Crippen molar-refractivity contribution in [1.82, 2.24) is 0 Å². The van der Waals surface area contributed by atoms with Crippen molar-refractivity contribution in [3.8, 4) is 0 Å². The maximum Gasteiger partial charge on any atom is 0.158 e. The second-order valence-corrected chi connectivity index (χ2v) is 14.6. The van der Waals surface area contributed by atoms with Gasteiger partial charge < -0.3 is 14.6 Å². The zero-order valence-electron chi connectivity index (χ0n) is 29.5. The van der Waals surface area contributed by atoms with Crippen LogP contribution in [0.15, 0.2) is 119 Å². The van der Waals surface area contributed by atoms with Crippen molar-refractivity contribution in [3.05, 3.63) is 119 Å². The summed E-state index contributed by atoms with van der Waals surface area (Å²) in [4.78, 5) is 12.3. The lowest BCUT2D eigenvalue weighted by Crippen LogP contribution is -2.46. The van der Waals surface area contributed by atoms with Crippen LogP contribution in [0.25, 0.3) is 0 Å². The van der Waals surface area contributed by atoms with Crippen LogP contribution in [0.4, 0.5) is 0 Å². The number of aliphatic hydroxyl groups is 1. The molecule has 0 aromatic carbocycles. The van der Waals surface area contributed by atoms with Gasteiger partial charge in [-0.05, 0) is 71.4 Å². The lowest BCUT2D eigenvalue weighted by Gasteiger charge is -2.39. The van der Waals surface area contributed by atoms with Crippen LogP contribution in [0.5, 0.6) is 0 Å². The first kappa shape index (κ1) is 36.4. The molecule has 2 aliphatic carbocycles. The largest absolute Gasteiger partial charge is 0.393 e. The number of fused-ring (bicyclic) bond motifs is 1. The number of hydrogen-bond acceptors (Lipinski definition) is 4. The van der Waals surface area contributed by atoms with Crippen molar-refractivity contribution in [2.24, 2.45) is 10.8 Å². The van der Waals surface area contributed by atoms with Gasteiger partial charge in [-0.25, -0.2) is 0 Å². The standard InChI is InChI=1S/C41H56O4/c1-29(18-14-20-31(3)22-23-35-37(33(5)42)36(44-11)28-38(35,6)7)16-12-13-17-30(2)19-15-21-32(4)24-25-41-39(8,9)26-34(43)27-40(41,10)45-41/h12-25,34,36,43H,26-28H2,1-11H3/b13-12+,18-14+,19-15+,23-22+,25-24+,29-16+,30-17+,31-20+,32-21-/t34-,36?,40+,41-/m0/s1. The van der Waals surface area contributed by atoms with Crippen LogP contribution < -0.4 is 0 Å². The number of aliphatic hydroxyl groups excluding tert-OH is 1. The second kappa shape index (κ2) is 14.6. The minimum Gasteiger partial charge on any atom is -0.393 e. The molecular weight excluding hydrogens is 556 g/mol. The van der Waals surface area contributed by atoms with Gasteiger partial charge in [0.05, 0.1) is 12.2 Å². The Morgan fingerprint density at radius 2 is 1.27 bits per heavy atom. The summed E-state index contributed by atoms with van der Waals surface area (Å²) in [6, 6.07) is 0. The first-order valence-electron chi connectivity index (χ1n) is 16.2. The number of hydrogen-bond donors (Lipinski definition) is 1. The predicted octanol–water partition coefficient (Wildman–Crippen LogP) is 9.59. The molecule has 0 spiro atoms. The number of methoxy groups -OCH3 is 1. The molecule has 4 heteroatoms. The van der Waals surface area contributed by atoms with Gasteiger partial charge in [0.25, 0.3) is 0 Å². The molecular formula is C41H56O4. The Kier molecular flexibility index (Phi) is 11.8. The van der Waals surface area contributed by atoms with E-state index >= 15 is 0 Å². The molecule has 1 saturated heterocycles. The molecule has 45 heavy (non-hydrogen) atoms. The topological polar surface area (TPSA) is 59.1 Å². The highest BCUT2D eigenvalue weighted by Gasteiger charge is 2.74. The summed E-state index contributed by atoms with van der Waals surface area (Å²) in [5.41, 5.74) is 5.69. The van der Waals surface area contributed by atoms with Crippen LogP contribution in [0.1, 0.15) is 88.5 Å². The van der Waals surface area contributed by atoms with E-state index in [0.717, 1.165) is 46.3 Å². The summed E-state index contributed by atoms with van der Waals surface area (Å²) in [5, 5.41) is 10.3. The Labute approximate surface area is 273 Å². The minimum atomic E-state index is -0.299. The molecule has 0 aromatic rings. The number of ketones is 1. The second-order valence-electron chi connectivity index (χ2n) is 14.6. The number of ether oxygens (including phenoxy) is 2. The number of Topliss-reactive ketones (excluding diaryl/α,β-unsaturated/α-hetero) is 1. The molecule has 1 N–H and O–H groups in total. The fourth-order valence-electron chi connectivity index (χ4n) is 7.03. The molecule has 1 heterocycles. The Morgan fingerprint density at radius 3 is 1.78 bits per heavy atom. The SMILES string of the molecule is COC1CC(C)(C)C(/C=C/C(C)=C/C=C/C(C)=C/C=C/C=C(C)/C=C/C=C(C)\C=C\[C@@]23O[C@]2(C)C[C@@H](O)CC3(C)C)=C1C(C)=O.